The molecule has 2 atom stereocenters. The van der Waals surface area contributed by atoms with Gasteiger partial charge in [0.25, 0.3) is 0 Å². The van der Waals surface area contributed by atoms with E-state index in [9.17, 15) is 9.59 Å². The summed E-state index contributed by atoms with van der Waals surface area (Å²) in [5.41, 5.74) is 4.31. The first-order valence-corrected chi connectivity index (χ1v) is 14.1. The van der Waals surface area contributed by atoms with Crippen LogP contribution in [0.4, 0.5) is 0 Å². The Morgan fingerprint density at radius 1 is 0.892 bits per heavy atom. The Balaban J connectivity index is 1.38. The Morgan fingerprint density at radius 3 is 2.30 bits per heavy atom. The molecule has 6 nitrogen and oxygen atoms in total. The van der Waals surface area contributed by atoms with Crippen LogP contribution in [-0.4, -0.2) is 70.3 Å². The van der Waals surface area contributed by atoms with Gasteiger partial charge in [-0.05, 0) is 56.1 Å². The predicted octanol–water partition coefficient (Wildman–Crippen LogP) is 5.15. The summed E-state index contributed by atoms with van der Waals surface area (Å²) in [6, 6.07) is 17.7. The molecular formula is C31H40N4O2. The van der Waals surface area contributed by atoms with E-state index in [1.807, 2.05) is 40.1 Å². The smallest absolute Gasteiger partial charge is 0.246 e. The number of nitrogens with one attached hydrogen (secondary N) is 1. The van der Waals surface area contributed by atoms with Crippen LogP contribution < -0.4 is 0 Å². The lowest BCUT2D eigenvalue weighted by molar-refractivity contribution is -0.158. The van der Waals surface area contributed by atoms with Gasteiger partial charge in [0.2, 0.25) is 11.8 Å². The number of rotatable bonds is 11. The van der Waals surface area contributed by atoms with Crippen LogP contribution in [0.3, 0.4) is 0 Å². The fraction of sp³-hybridized carbons (Fsp3) is 0.484. The van der Waals surface area contributed by atoms with Crippen molar-refractivity contribution in [2.24, 2.45) is 0 Å². The molecule has 1 aromatic heterocycles. The highest BCUT2D eigenvalue weighted by Gasteiger charge is 2.48. The van der Waals surface area contributed by atoms with Crippen LogP contribution in [0.15, 0.2) is 54.6 Å². The number of unbranched alkanes of at least 4 members (excludes halogenated alkanes) is 2. The molecule has 2 unspecified atom stereocenters. The monoisotopic (exact) mass is 500 g/mol. The number of carbonyl (C=O) groups is 2. The summed E-state index contributed by atoms with van der Waals surface area (Å²) in [5.74, 6) is 0.127. The molecule has 1 fully saturated rings. The Morgan fingerprint density at radius 2 is 1.57 bits per heavy atom. The molecular weight excluding hydrogens is 460 g/mol. The highest BCUT2D eigenvalue weighted by molar-refractivity contribution is 5.97. The number of fused-ring (bicyclic) bond motifs is 4. The van der Waals surface area contributed by atoms with Gasteiger partial charge in [-0.1, -0.05) is 75.2 Å². The van der Waals surface area contributed by atoms with Crippen molar-refractivity contribution in [3.63, 3.8) is 0 Å². The third kappa shape index (κ3) is 5.17. The molecule has 0 spiro atoms. The predicted molar refractivity (Wildman–Crippen MR) is 148 cm³/mol. The van der Waals surface area contributed by atoms with Crippen LogP contribution in [0.5, 0.6) is 0 Å². The van der Waals surface area contributed by atoms with Gasteiger partial charge in [0.05, 0.1) is 12.6 Å². The van der Waals surface area contributed by atoms with Gasteiger partial charge < -0.3 is 19.7 Å². The minimum absolute atomic E-state index is 0.0385. The summed E-state index contributed by atoms with van der Waals surface area (Å²) in [6.07, 6.45) is 6.25. The molecule has 0 radical (unpaired) electrons. The largest absolute Gasteiger partial charge is 0.356 e. The molecule has 3 heterocycles. The van der Waals surface area contributed by atoms with Crippen molar-refractivity contribution in [3.05, 3.63) is 71.4 Å². The van der Waals surface area contributed by atoms with Gasteiger partial charge in [-0.25, -0.2) is 0 Å². The van der Waals surface area contributed by atoms with E-state index in [4.69, 9.17) is 0 Å². The third-order valence-electron chi connectivity index (χ3n) is 8.02. The first-order chi connectivity index (χ1) is 18.1. The summed E-state index contributed by atoms with van der Waals surface area (Å²) in [4.78, 5) is 37.4. The maximum Gasteiger partial charge on any atom is 0.246 e. The average molecular weight is 501 g/mol. The molecule has 0 aliphatic carbocycles. The fourth-order valence-corrected chi connectivity index (χ4v) is 6.08. The van der Waals surface area contributed by atoms with E-state index < -0.39 is 6.04 Å². The average Bonchev–Trinajstić information content (AvgIpc) is 3.30. The molecule has 5 rings (SSSR count). The number of para-hydroxylation sites is 1. The number of nitrogens with zero attached hydrogens (tertiary/aromatic N) is 3. The van der Waals surface area contributed by atoms with Crippen molar-refractivity contribution in [1.29, 1.82) is 0 Å². The first-order valence-electron chi connectivity index (χ1n) is 14.1. The van der Waals surface area contributed by atoms with E-state index in [0.717, 1.165) is 48.2 Å². The lowest BCUT2D eigenvalue weighted by Gasteiger charge is -2.47. The first kappa shape index (κ1) is 25.5. The topological polar surface area (TPSA) is 59.6 Å². The molecule has 0 bridgehead atoms. The normalized spacial score (nSPS) is 19.5. The SMILES string of the molecule is CCCCN(CCCC)CCCN1CC(=O)N2C(Cc3c([nH]c4ccccc34)C2c2ccccc2)C1=O. The zero-order valence-electron chi connectivity index (χ0n) is 22.3. The van der Waals surface area contributed by atoms with Crippen LogP contribution in [0.1, 0.15) is 68.8 Å². The second kappa shape index (κ2) is 11.5. The molecule has 2 aliphatic rings. The number of aromatic nitrogens is 1. The number of hydrogen-bond donors (Lipinski definition) is 1. The Kier molecular flexibility index (Phi) is 7.94. The number of carbonyl (C=O) groups excluding carboxylic acids is 2. The highest BCUT2D eigenvalue weighted by Crippen LogP contribution is 2.42. The molecule has 2 aliphatic heterocycles. The van der Waals surface area contributed by atoms with Crippen molar-refractivity contribution < 1.29 is 9.59 Å². The van der Waals surface area contributed by atoms with Crippen LogP contribution >= 0.6 is 0 Å². The Labute approximate surface area is 220 Å². The van der Waals surface area contributed by atoms with Crippen molar-refractivity contribution in [2.45, 2.75) is 64.5 Å². The highest BCUT2D eigenvalue weighted by atomic mass is 16.2. The third-order valence-corrected chi connectivity index (χ3v) is 8.02. The summed E-state index contributed by atoms with van der Waals surface area (Å²) < 4.78 is 0. The van der Waals surface area contributed by atoms with Crippen molar-refractivity contribution in [1.82, 2.24) is 19.7 Å². The zero-order valence-corrected chi connectivity index (χ0v) is 22.3. The number of aromatic amines is 1. The van der Waals surface area contributed by atoms with E-state index in [1.165, 1.54) is 31.2 Å². The van der Waals surface area contributed by atoms with E-state index >= 15 is 0 Å². The number of H-pyrrole nitrogens is 1. The fourth-order valence-electron chi connectivity index (χ4n) is 6.08. The molecule has 3 aromatic rings. The van der Waals surface area contributed by atoms with Gasteiger partial charge >= 0.3 is 0 Å². The molecule has 2 amide bonds. The number of benzene rings is 2. The molecule has 37 heavy (non-hydrogen) atoms. The lowest BCUT2D eigenvalue weighted by atomic mass is 9.86. The minimum atomic E-state index is -0.463. The van der Waals surface area contributed by atoms with E-state index in [2.05, 4.69) is 48.0 Å². The van der Waals surface area contributed by atoms with Crippen LogP contribution in [-0.2, 0) is 16.0 Å². The van der Waals surface area contributed by atoms with Crippen LogP contribution in [0.2, 0.25) is 0 Å². The van der Waals surface area contributed by atoms with E-state index in [1.54, 1.807) is 0 Å². The van der Waals surface area contributed by atoms with Gasteiger partial charge in [-0.15, -0.1) is 0 Å². The van der Waals surface area contributed by atoms with Gasteiger partial charge in [-0.2, -0.15) is 0 Å². The maximum absolute atomic E-state index is 13.9. The summed E-state index contributed by atoms with van der Waals surface area (Å²) in [5, 5.41) is 1.15. The number of piperazine rings is 1. The van der Waals surface area contributed by atoms with Crippen LogP contribution in [0, 0.1) is 0 Å². The quantitative estimate of drug-likeness (QED) is 0.396. The summed E-state index contributed by atoms with van der Waals surface area (Å²) >= 11 is 0. The molecule has 0 saturated carbocycles. The van der Waals surface area contributed by atoms with Gasteiger partial charge in [0.1, 0.15) is 6.04 Å². The number of hydrogen-bond acceptors (Lipinski definition) is 3. The van der Waals surface area contributed by atoms with Crippen molar-refractivity contribution in [2.75, 3.05) is 32.7 Å². The van der Waals surface area contributed by atoms with Gasteiger partial charge in [0.15, 0.2) is 0 Å². The second-order valence-electron chi connectivity index (χ2n) is 10.6. The molecule has 2 aromatic carbocycles. The van der Waals surface area contributed by atoms with Crippen LogP contribution in [0.25, 0.3) is 10.9 Å². The Hall–Kier alpha value is -3.12. The van der Waals surface area contributed by atoms with Gasteiger partial charge in [0, 0.05) is 29.6 Å². The van der Waals surface area contributed by atoms with E-state index in [-0.39, 0.29) is 24.4 Å². The lowest BCUT2D eigenvalue weighted by Crippen LogP contribution is -2.63. The van der Waals surface area contributed by atoms with Crippen molar-refractivity contribution in [3.8, 4) is 0 Å². The molecule has 196 valence electrons. The van der Waals surface area contributed by atoms with Gasteiger partial charge in [-0.3, -0.25) is 9.59 Å². The molecule has 1 saturated heterocycles. The number of amides is 2. The Bertz CT molecular complexity index is 1210. The maximum atomic E-state index is 13.9. The van der Waals surface area contributed by atoms with E-state index in [0.29, 0.717) is 13.0 Å². The molecule has 1 N–H and O–H groups in total. The standard InChI is InChI=1S/C31H40N4O2/c1-3-5-17-33(18-6-4-2)19-12-20-34-22-28(36)35-27(31(34)37)21-25-24-15-10-11-16-26(24)32-29(25)30(35)23-13-8-7-9-14-23/h7-11,13-16,27,30,32H,3-6,12,17-22H2,1-2H3. The van der Waals surface area contributed by atoms with Crippen molar-refractivity contribution >= 4 is 22.7 Å². The second-order valence-corrected chi connectivity index (χ2v) is 10.6. The summed E-state index contributed by atoms with van der Waals surface area (Å²) in [7, 11) is 0. The molecule has 6 heteroatoms. The zero-order chi connectivity index (χ0) is 25.8. The summed E-state index contributed by atoms with van der Waals surface area (Å²) in [6.45, 7) is 8.47. The minimum Gasteiger partial charge on any atom is -0.356 e.